The molecule has 0 N–H and O–H groups in total. The standard InChI is InChI=1S/C25H24F3NO2/c26-25(27,28)20-7-3-4-8-22(20)31-16-23(30)29-13-11-24(12-14-29)19-6-2-1-5-18(19)15-21(24)17-9-10-17/h1-8,15,17H,9-14,16H2. The second kappa shape index (κ2) is 7.43. The number of amides is 1. The zero-order valence-electron chi connectivity index (χ0n) is 17.1. The number of nitrogens with zero attached hydrogens (tertiary/aromatic N) is 1. The lowest BCUT2D eigenvalue weighted by Crippen LogP contribution is -2.47. The highest BCUT2D eigenvalue weighted by molar-refractivity contribution is 5.78. The van der Waals surface area contributed by atoms with Crippen LogP contribution in [0.2, 0.25) is 0 Å². The van der Waals surface area contributed by atoms with Crippen LogP contribution in [0.4, 0.5) is 13.2 Å². The number of fused-ring (bicyclic) bond motifs is 2. The van der Waals surface area contributed by atoms with E-state index in [1.807, 2.05) is 0 Å². The first-order valence-corrected chi connectivity index (χ1v) is 10.8. The van der Waals surface area contributed by atoms with Gasteiger partial charge in [-0.05, 0) is 54.9 Å². The first-order chi connectivity index (χ1) is 14.9. The lowest BCUT2D eigenvalue weighted by Gasteiger charge is -2.42. The van der Waals surface area contributed by atoms with Crippen molar-refractivity contribution >= 4 is 12.0 Å². The summed E-state index contributed by atoms with van der Waals surface area (Å²) in [4.78, 5) is 14.4. The summed E-state index contributed by atoms with van der Waals surface area (Å²) in [5.74, 6) is 0.0763. The van der Waals surface area contributed by atoms with Crippen LogP contribution in [-0.4, -0.2) is 30.5 Å². The molecule has 1 saturated heterocycles. The van der Waals surface area contributed by atoms with Crippen LogP contribution < -0.4 is 4.74 Å². The number of allylic oxidation sites excluding steroid dienone is 1. The Bertz CT molecular complexity index is 1030. The number of hydrogen-bond donors (Lipinski definition) is 0. The fourth-order valence-corrected chi connectivity index (χ4v) is 5.18. The Morgan fingerprint density at radius 1 is 1.03 bits per heavy atom. The van der Waals surface area contributed by atoms with E-state index < -0.39 is 11.7 Å². The first-order valence-electron chi connectivity index (χ1n) is 10.8. The Kier molecular flexibility index (Phi) is 4.83. The first kappa shape index (κ1) is 20.2. The van der Waals surface area contributed by atoms with Gasteiger partial charge in [0.25, 0.3) is 5.91 Å². The van der Waals surface area contributed by atoms with E-state index in [2.05, 4.69) is 30.3 Å². The number of hydrogen-bond acceptors (Lipinski definition) is 2. The number of halogens is 3. The molecule has 6 heteroatoms. The number of ether oxygens (including phenoxy) is 1. The van der Waals surface area contributed by atoms with Gasteiger partial charge in [-0.15, -0.1) is 0 Å². The molecule has 2 aromatic rings. The number of rotatable bonds is 4. The van der Waals surface area contributed by atoms with Crippen molar-refractivity contribution < 1.29 is 22.7 Å². The summed E-state index contributed by atoms with van der Waals surface area (Å²) < 4.78 is 44.7. The molecule has 162 valence electrons. The number of piperidine rings is 1. The number of carbonyl (C=O) groups excluding carboxylic acids is 1. The lowest BCUT2D eigenvalue weighted by atomic mass is 9.69. The summed E-state index contributed by atoms with van der Waals surface area (Å²) in [5, 5.41) is 0. The van der Waals surface area contributed by atoms with Crippen molar-refractivity contribution in [3.63, 3.8) is 0 Å². The van der Waals surface area contributed by atoms with Gasteiger partial charge in [0.15, 0.2) is 6.61 Å². The van der Waals surface area contributed by atoms with E-state index in [0.717, 1.165) is 18.9 Å². The summed E-state index contributed by atoms with van der Waals surface area (Å²) in [6.07, 6.45) is 1.99. The number of carbonyl (C=O) groups is 1. The largest absolute Gasteiger partial charge is 0.483 e. The van der Waals surface area contributed by atoms with Gasteiger partial charge >= 0.3 is 6.18 Å². The second-order valence-corrected chi connectivity index (χ2v) is 8.71. The molecule has 2 aliphatic carbocycles. The highest BCUT2D eigenvalue weighted by Crippen LogP contribution is 2.56. The molecule has 5 rings (SSSR count). The number of alkyl halides is 3. The molecule has 1 saturated carbocycles. The minimum Gasteiger partial charge on any atom is -0.483 e. The minimum atomic E-state index is -4.52. The van der Waals surface area contributed by atoms with E-state index in [-0.39, 0.29) is 23.7 Å². The predicted molar refractivity (Wildman–Crippen MR) is 112 cm³/mol. The van der Waals surface area contributed by atoms with Crippen LogP contribution in [0.25, 0.3) is 6.08 Å². The third-order valence-electron chi connectivity index (χ3n) is 6.87. The summed E-state index contributed by atoms with van der Waals surface area (Å²) in [6, 6.07) is 13.5. The van der Waals surface area contributed by atoms with Crippen molar-refractivity contribution in [3.8, 4) is 5.75 Å². The number of benzene rings is 2. The van der Waals surface area contributed by atoms with Crippen LogP contribution in [0.5, 0.6) is 5.75 Å². The Hall–Kier alpha value is -2.76. The van der Waals surface area contributed by atoms with Crippen molar-refractivity contribution in [3.05, 3.63) is 70.8 Å². The van der Waals surface area contributed by atoms with Crippen LogP contribution in [0.15, 0.2) is 54.1 Å². The molecule has 2 fully saturated rings. The Morgan fingerprint density at radius 3 is 2.42 bits per heavy atom. The molecule has 1 heterocycles. The van der Waals surface area contributed by atoms with Crippen molar-refractivity contribution in [1.82, 2.24) is 4.90 Å². The van der Waals surface area contributed by atoms with Crippen LogP contribution in [0.3, 0.4) is 0 Å². The average molecular weight is 427 g/mol. The van der Waals surface area contributed by atoms with Gasteiger partial charge in [-0.3, -0.25) is 4.79 Å². The van der Waals surface area contributed by atoms with Crippen LogP contribution in [-0.2, 0) is 16.4 Å². The quantitative estimate of drug-likeness (QED) is 0.649. The molecule has 0 unspecified atom stereocenters. The average Bonchev–Trinajstić information content (AvgIpc) is 3.56. The van der Waals surface area contributed by atoms with Gasteiger partial charge in [0.1, 0.15) is 5.75 Å². The zero-order chi connectivity index (χ0) is 21.6. The Labute approximate surface area is 179 Å². The van der Waals surface area contributed by atoms with E-state index in [1.165, 1.54) is 47.7 Å². The minimum absolute atomic E-state index is 0.00171. The van der Waals surface area contributed by atoms with Crippen molar-refractivity contribution in [2.24, 2.45) is 5.92 Å². The smallest absolute Gasteiger partial charge is 0.419 e. The fraction of sp³-hybridized carbons (Fsp3) is 0.400. The molecule has 3 nitrogen and oxygen atoms in total. The number of para-hydroxylation sites is 1. The Balaban J connectivity index is 1.26. The van der Waals surface area contributed by atoms with Gasteiger partial charge in [-0.25, -0.2) is 0 Å². The highest BCUT2D eigenvalue weighted by Gasteiger charge is 2.48. The van der Waals surface area contributed by atoms with Gasteiger partial charge < -0.3 is 9.64 Å². The van der Waals surface area contributed by atoms with E-state index in [9.17, 15) is 18.0 Å². The molecule has 3 aliphatic rings. The monoisotopic (exact) mass is 427 g/mol. The molecular weight excluding hydrogens is 403 g/mol. The fourth-order valence-electron chi connectivity index (χ4n) is 5.18. The maximum atomic E-state index is 13.1. The summed E-state index contributed by atoms with van der Waals surface area (Å²) in [6.45, 7) is 0.783. The third kappa shape index (κ3) is 3.62. The maximum absolute atomic E-state index is 13.1. The van der Waals surface area contributed by atoms with E-state index in [4.69, 9.17) is 4.74 Å². The van der Waals surface area contributed by atoms with Crippen LogP contribution >= 0.6 is 0 Å². The molecule has 1 spiro atoms. The van der Waals surface area contributed by atoms with Crippen LogP contribution in [0, 0.1) is 5.92 Å². The second-order valence-electron chi connectivity index (χ2n) is 8.71. The lowest BCUT2D eigenvalue weighted by molar-refractivity contribution is -0.141. The zero-order valence-corrected chi connectivity index (χ0v) is 17.1. The van der Waals surface area contributed by atoms with Crippen molar-refractivity contribution in [1.29, 1.82) is 0 Å². The summed E-state index contributed by atoms with van der Waals surface area (Å²) in [7, 11) is 0. The molecule has 0 radical (unpaired) electrons. The van der Waals surface area contributed by atoms with Gasteiger partial charge in [0.2, 0.25) is 0 Å². The molecule has 0 atom stereocenters. The van der Waals surface area contributed by atoms with Gasteiger partial charge in [0.05, 0.1) is 5.56 Å². The van der Waals surface area contributed by atoms with Crippen LogP contribution in [0.1, 0.15) is 42.4 Å². The van der Waals surface area contributed by atoms with E-state index >= 15 is 0 Å². The van der Waals surface area contributed by atoms with Gasteiger partial charge in [0, 0.05) is 18.5 Å². The van der Waals surface area contributed by atoms with E-state index in [1.54, 1.807) is 4.90 Å². The number of likely N-dealkylation sites (tertiary alicyclic amines) is 1. The topological polar surface area (TPSA) is 29.5 Å². The molecule has 0 bridgehead atoms. The molecule has 2 aromatic carbocycles. The van der Waals surface area contributed by atoms with Crippen molar-refractivity contribution in [2.45, 2.75) is 37.3 Å². The van der Waals surface area contributed by atoms with Gasteiger partial charge in [-0.2, -0.15) is 13.2 Å². The molecular formula is C25H24F3NO2. The highest BCUT2D eigenvalue weighted by atomic mass is 19.4. The molecule has 1 aliphatic heterocycles. The molecule has 0 aromatic heterocycles. The maximum Gasteiger partial charge on any atom is 0.419 e. The SMILES string of the molecule is O=C(COc1ccccc1C(F)(F)F)N1CCC2(CC1)C(C1CC1)=Cc1ccccc12. The molecule has 31 heavy (non-hydrogen) atoms. The van der Waals surface area contributed by atoms with Gasteiger partial charge in [-0.1, -0.05) is 48.0 Å². The van der Waals surface area contributed by atoms with E-state index in [0.29, 0.717) is 19.0 Å². The van der Waals surface area contributed by atoms with Crippen molar-refractivity contribution in [2.75, 3.05) is 19.7 Å². The summed E-state index contributed by atoms with van der Waals surface area (Å²) >= 11 is 0. The normalized spacial score (nSPS) is 19.8. The third-order valence-corrected chi connectivity index (χ3v) is 6.87. The summed E-state index contributed by atoms with van der Waals surface area (Å²) in [5.41, 5.74) is 3.30. The molecule has 1 amide bonds. The Morgan fingerprint density at radius 2 is 1.71 bits per heavy atom. The predicted octanol–water partition coefficient (Wildman–Crippen LogP) is 5.45.